The summed E-state index contributed by atoms with van der Waals surface area (Å²) in [5.74, 6) is -0.173. The van der Waals surface area contributed by atoms with Gasteiger partial charge in [0.25, 0.3) is 0 Å². The molecule has 0 aromatic rings. The van der Waals surface area contributed by atoms with Crippen LogP contribution in [0.5, 0.6) is 0 Å². The Balaban J connectivity index is 3.94. The van der Waals surface area contributed by atoms with Gasteiger partial charge in [-0.25, -0.2) is 0 Å². The molecule has 0 aliphatic heterocycles. The molecule has 26 heavy (non-hydrogen) atoms. The molecule has 0 fully saturated rings. The van der Waals surface area contributed by atoms with E-state index in [-0.39, 0.29) is 5.91 Å². The van der Waals surface area contributed by atoms with Crippen molar-refractivity contribution < 1.29 is 9.90 Å². The van der Waals surface area contributed by atoms with Crippen LogP contribution >= 0.6 is 0 Å². The molecular formula is C23H35NO2. The van der Waals surface area contributed by atoms with E-state index in [1.807, 2.05) is 75.5 Å². The van der Waals surface area contributed by atoms with Gasteiger partial charge < -0.3 is 10.4 Å². The van der Waals surface area contributed by atoms with Gasteiger partial charge in [-0.3, -0.25) is 4.79 Å². The van der Waals surface area contributed by atoms with Gasteiger partial charge >= 0.3 is 0 Å². The molecule has 0 saturated carbocycles. The highest BCUT2D eigenvalue weighted by molar-refractivity contribution is 5.87. The first-order valence-electron chi connectivity index (χ1n) is 9.52. The molecule has 0 aromatic heterocycles. The van der Waals surface area contributed by atoms with E-state index in [2.05, 4.69) is 11.4 Å². The number of hydrogen-bond donors (Lipinski definition) is 2. The molecular weight excluding hydrogens is 322 g/mol. The second kappa shape index (κ2) is 16.3. The van der Waals surface area contributed by atoms with Gasteiger partial charge in [-0.1, -0.05) is 87.1 Å². The van der Waals surface area contributed by atoms with Gasteiger partial charge in [0.2, 0.25) is 5.91 Å². The molecule has 0 spiro atoms. The second-order valence-corrected chi connectivity index (χ2v) is 6.13. The molecule has 144 valence electrons. The molecule has 0 heterocycles. The minimum Gasteiger partial charge on any atom is -0.388 e. The number of carbonyl (C=O) groups excluding carboxylic acids is 1. The Morgan fingerprint density at radius 1 is 0.923 bits per heavy atom. The van der Waals surface area contributed by atoms with Crippen LogP contribution in [-0.4, -0.2) is 23.2 Å². The van der Waals surface area contributed by atoms with Crippen molar-refractivity contribution in [3.8, 4) is 0 Å². The predicted octanol–water partition coefficient (Wildman–Crippen LogP) is 5.18. The van der Waals surface area contributed by atoms with Crippen LogP contribution in [0.1, 0.15) is 52.9 Å². The molecule has 0 saturated heterocycles. The number of rotatable bonds is 13. The molecule has 2 N–H and O–H groups in total. The summed E-state index contributed by atoms with van der Waals surface area (Å²) in [6, 6.07) is 0. The summed E-state index contributed by atoms with van der Waals surface area (Å²) in [5, 5.41) is 13.0. The van der Waals surface area contributed by atoms with Crippen LogP contribution < -0.4 is 5.32 Å². The van der Waals surface area contributed by atoms with Crippen LogP contribution in [0.4, 0.5) is 0 Å². The van der Waals surface area contributed by atoms with Crippen LogP contribution in [0.3, 0.4) is 0 Å². The Kier molecular flexibility index (Phi) is 15.0. The SMILES string of the molecule is CC=CC=CC=CC=CCCC=CC=CC(=O)NCC(O)(CC)CCC. The zero-order valence-electron chi connectivity index (χ0n) is 16.5. The Morgan fingerprint density at radius 2 is 1.50 bits per heavy atom. The number of aliphatic hydroxyl groups is 1. The third kappa shape index (κ3) is 14.2. The molecule has 1 unspecified atom stereocenters. The number of hydrogen-bond acceptors (Lipinski definition) is 2. The Bertz CT molecular complexity index is 538. The lowest BCUT2D eigenvalue weighted by Crippen LogP contribution is -2.41. The maximum Gasteiger partial charge on any atom is 0.244 e. The Hall–Kier alpha value is -2.13. The molecule has 1 amide bonds. The zero-order valence-corrected chi connectivity index (χ0v) is 16.5. The molecule has 0 aliphatic carbocycles. The largest absolute Gasteiger partial charge is 0.388 e. The number of nitrogens with one attached hydrogen (secondary N) is 1. The normalized spacial score (nSPS) is 15.4. The van der Waals surface area contributed by atoms with Crippen molar-refractivity contribution in [2.24, 2.45) is 0 Å². The molecule has 0 bridgehead atoms. The maximum atomic E-state index is 11.7. The molecule has 0 aromatic carbocycles. The lowest BCUT2D eigenvalue weighted by atomic mass is 9.95. The third-order valence-corrected chi connectivity index (χ3v) is 3.84. The van der Waals surface area contributed by atoms with Crippen molar-refractivity contribution in [1.29, 1.82) is 0 Å². The van der Waals surface area contributed by atoms with Crippen LogP contribution in [0.25, 0.3) is 0 Å². The van der Waals surface area contributed by atoms with Crippen molar-refractivity contribution in [3.63, 3.8) is 0 Å². The first-order chi connectivity index (χ1) is 12.6. The summed E-state index contributed by atoms with van der Waals surface area (Å²) >= 11 is 0. The number of carbonyl (C=O) groups is 1. The van der Waals surface area contributed by atoms with Gasteiger partial charge in [0.1, 0.15) is 0 Å². The topological polar surface area (TPSA) is 49.3 Å². The Labute approximate surface area is 159 Å². The van der Waals surface area contributed by atoms with E-state index in [4.69, 9.17) is 0 Å². The second-order valence-electron chi connectivity index (χ2n) is 6.13. The van der Waals surface area contributed by atoms with Crippen LogP contribution in [0, 0.1) is 0 Å². The highest BCUT2D eigenvalue weighted by Gasteiger charge is 2.23. The van der Waals surface area contributed by atoms with E-state index in [1.165, 1.54) is 6.08 Å². The van der Waals surface area contributed by atoms with Gasteiger partial charge in [-0.2, -0.15) is 0 Å². The van der Waals surface area contributed by atoms with E-state index in [9.17, 15) is 9.90 Å². The van der Waals surface area contributed by atoms with Crippen LogP contribution in [0.15, 0.2) is 72.9 Å². The van der Waals surface area contributed by atoms with E-state index in [0.717, 1.165) is 19.3 Å². The standard InChI is InChI=1S/C23H35NO2/c1-4-7-8-9-10-11-12-13-14-15-16-17-18-19-22(25)24-21-23(26,6-3)20-5-2/h4,7-13,16-19,26H,5-6,14-15,20-21H2,1-3H3,(H,24,25). The van der Waals surface area contributed by atoms with Crippen molar-refractivity contribution >= 4 is 5.91 Å². The van der Waals surface area contributed by atoms with Crippen molar-refractivity contribution in [2.75, 3.05) is 6.54 Å². The molecule has 1 atom stereocenters. The lowest BCUT2D eigenvalue weighted by molar-refractivity contribution is -0.117. The Morgan fingerprint density at radius 3 is 2.08 bits per heavy atom. The third-order valence-electron chi connectivity index (χ3n) is 3.84. The first-order valence-corrected chi connectivity index (χ1v) is 9.52. The smallest absolute Gasteiger partial charge is 0.244 e. The zero-order chi connectivity index (χ0) is 19.5. The van der Waals surface area contributed by atoms with Crippen molar-refractivity contribution in [2.45, 2.75) is 58.5 Å². The van der Waals surface area contributed by atoms with Gasteiger partial charge in [-0.15, -0.1) is 0 Å². The number of allylic oxidation sites excluding steroid dienone is 11. The predicted molar refractivity (Wildman–Crippen MR) is 113 cm³/mol. The van der Waals surface area contributed by atoms with Crippen molar-refractivity contribution in [1.82, 2.24) is 5.32 Å². The number of unbranched alkanes of at least 4 members (excludes halogenated alkanes) is 1. The summed E-state index contributed by atoms with van der Waals surface area (Å²) in [6.45, 7) is 6.25. The van der Waals surface area contributed by atoms with E-state index < -0.39 is 5.60 Å². The fourth-order valence-corrected chi connectivity index (χ4v) is 2.22. The molecule has 0 rings (SSSR count). The fourth-order valence-electron chi connectivity index (χ4n) is 2.22. The average Bonchev–Trinajstić information content (AvgIpc) is 2.64. The average molecular weight is 358 g/mol. The molecule has 3 heteroatoms. The quantitative estimate of drug-likeness (QED) is 0.271. The molecule has 0 aliphatic rings. The van der Waals surface area contributed by atoms with Gasteiger partial charge in [-0.05, 0) is 32.6 Å². The lowest BCUT2D eigenvalue weighted by Gasteiger charge is -2.26. The summed E-state index contributed by atoms with van der Waals surface area (Å²) in [5.41, 5.74) is -0.794. The van der Waals surface area contributed by atoms with Gasteiger partial charge in [0.15, 0.2) is 0 Å². The fraction of sp³-hybridized carbons (Fsp3) is 0.435. The summed E-state index contributed by atoms with van der Waals surface area (Å²) < 4.78 is 0. The maximum absolute atomic E-state index is 11.7. The van der Waals surface area contributed by atoms with Gasteiger partial charge in [0.05, 0.1) is 5.60 Å². The van der Waals surface area contributed by atoms with E-state index in [0.29, 0.717) is 19.4 Å². The van der Waals surface area contributed by atoms with Crippen LogP contribution in [0.2, 0.25) is 0 Å². The number of amides is 1. The van der Waals surface area contributed by atoms with Crippen molar-refractivity contribution in [3.05, 3.63) is 72.9 Å². The van der Waals surface area contributed by atoms with E-state index >= 15 is 0 Å². The summed E-state index contributed by atoms with van der Waals surface area (Å²) in [4.78, 5) is 11.7. The summed E-state index contributed by atoms with van der Waals surface area (Å²) in [6.07, 6.45) is 27.3. The molecule has 0 radical (unpaired) electrons. The molecule has 3 nitrogen and oxygen atoms in total. The van der Waals surface area contributed by atoms with Crippen LogP contribution in [-0.2, 0) is 4.79 Å². The van der Waals surface area contributed by atoms with E-state index in [1.54, 1.807) is 6.08 Å². The minimum atomic E-state index is -0.794. The minimum absolute atomic E-state index is 0.173. The van der Waals surface area contributed by atoms with Gasteiger partial charge in [0, 0.05) is 12.6 Å². The highest BCUT2D eigenvalue weighted by Crippen LogP contribution is 2.15. The monoisotopic (exact) mass is 357 g/mol. The summed E-state index contributed by atoms with van der Waals surface area (Å²) in [7, 11) is 0. The highest BCUT2D eigenvalue weighted by atomic mass is 16.3. The first kappa shape index (κ1) is 23.9.